The maximum absolute atomic E-state index is 13.4. The van der Waals surface area contributed by atoms with Gasteiger partial charge in [0.05, 0.1) is 12.8 Å². The number of benzene rings is 1. The van der Waals surface area contributed by atoms with E-state index in [1.807, 2.05) is 19.1 Å². The number of hydrogen-bond acceptors (Lipinski definition) is 5. The molecule has 0 atom stereocenters. The van der Waals surface area contributed by atoms with Crippen molar-refractivity contribution >= 4 is 28.5 Å². The molecule has 2 N–H and O–H groups in total. The first-order valence-electron chi connectivity index (χ1n) is 9.56. The Bertz CT molecular complexity index is 1190. The molecule has 0 saturated heterocycles. The molecule has 6 nitrogen and oxygen atoms in total. The highest BCUT2D eigenvalue weighted by Gasteiger charge is 2.19. The molecule has 0 aliphatic carbocycles. The summed E-state index contributed by atoms with van der Waals surface area (Å²) in [5.74, 6) is -1.25. The van der Waals surface area contributed by atoms with E-state index in [0.29, 0.717) is 28.1 Å². The Labute approximate surface area is 189 Å². The number of rotatable bonds is 7. The minimum atomic E-state index is -0.534. The fourth-order valence-electron chi connectivity index (χ4n) is 2.98. The fraction of sp³-hybridized carbons (Fsp3) is 0.125. The lowest BCUT2D eigenvalue weighted by Gasteiger charge is -2.07. The Morgan fingerprint density at radius 3 is 2.62 bits per heavy atom. The number of thioether (sulfide) groups is 1. The molecule has 1 aromatic carbocycles. The number of allylic oxidation sites excluding steroid dienone is 1. The normalized spacial score (nSPS) is 11.0. The first kappa shape index (κ1) is 22.8. The molecule has 1 amide bonds. The number of methoxy groups -OCH3 is 1. The SMILES string of the molecule is C#CSC(=CC)c1cc(-c2ccc(F)cc2)c(C(=O)NCc2ccc(C(=O)OC)nc2)[nH]1. The van der Waals surface area contributed by atoms with Crippen molar-refractivity contribution in [3.05, 3.63) is 83.2 Å². The summed E-state index contributed by atoms with van der Waals surface area (Å²) in [6.45, 7) is 2.04. The van der Waals surface area contributed by atoms with E-state index in [9.17, 15) is 14.0 Å². The molecule has 8 heteroatoms. The van der Waals surface area contributed by atoms with Crippen molar-refractivity contribution < 1.29 is 18.7 Å². The Hall–Kier alpha value is -3.83. The van der Waals surface area contributed by atoms with Gasteiger partial charge in [0.25, 0.3) is 5.91 Å². The summed E-state index contributed by atoms with van der Waals surface area (Å²) < 4.78 is 18.0. The molecule has 0 fully saturated rings. The predicted molar refractivity (Wildman–Crippen MR) is 123 cm³/mol. The summed E-state index contributed by atoms with van der Waals surface area (Å²) in [6.07, 6.45) is 8.77. The highest BCUT2D eigenvalue weighted by molar-refractivity contribution is 8.12. The van der Waals surface area contributed by atoms with Gasteiger partial charge in [0, 0.05) is 23.2 Å². The minimum Gasteiger partial charge on any atom is -0.464 e. The molecular weight excluding hydrogens is 429 g/mol. The van der Waals surface area contributed by atoms with Crippen molar-refractivity contribution in [2.24, 2.45) is 0 Å². The molecule has 0 saturated carbocycles. The molecule has 3 rings (SSSR count). The summed E-state index contributed by atoms with van der Waals surface area (Å²) in [7, 11) is 1.28. The van der Waals surface area contributed by atoms with Gasteiger partial charge in [-0.2, -0.15) is 0 Å². The highest BCUT2D eigenvalue weighted by atomic mass is 32.2. The van der Waals surface area contributed by atoms with Crippen molar-refractivity contribution in [3.63, 3.8) is 0 Å². The van der Waals surface area contributed by atoms with Gasteiger partial charge in [-0.1, -0.05) is 24.3 Å². The lowest BCUT2D eigenvalue weighted by atomic mass is 10.1. The molecule has 162 valence electrons. The Balaban J connectivity index is 1.86. The van der Waals surface area contributed by atoms with Gasteiger partial charge in [-0.15, -0.1) is 6.42 Å². The zero-order valence-corrected chi connectivity index (χ0v) is 18.3. The van der Waals surface area contributed by atoms with E-state index in [2.05, 4.69) is 25.3 Å². The first-order chi connectivity index (χ1) is 15.5. The number of ether oxygens (including phenoxy) is 1. The van der Waals surface area contributed by atoms with Crippen LogP contribution in [0.25, 0.3) is 16.0 Å². The van der Waals surface area contributed by atoms with E-state index in [0.717, 1.165) is 4.91 Å². The van der Waals surface area contributed by atoms with Crippen LogP contribution in [0, 0.1) is 17.5 Å². The maximum atomic E-state index is 13.4. The van der Waals surface area contributed by atoms with E-state index in [1.54, 1.807) is 18.2 Å². The predicted octanol–water partition coefficient (Wildman–Crippen LogP) is 4.62. The molecule has 2 aromatic heterocycles. The number of H-pyrrole nitrogens is 1. The molecule has 0 bridgehead atoms. The highest BCUT2D eigenvalue weighted by Crippen LogP contribution is 2.32. The second-order valence-electron chi connectivity index (χ2n) is 6.58. The van der Waals surface area contributed by atoms with E-state index in [-0.39, 0.29) is 24.0 Å². The van der Waals surface area contributed by atoms with Crippen LogP contribution < -0.4 is 5.32 Å². The number of hydrogen-bond donors (Lipinski definition) is 2. The average molecular weight is 450 g/mol. The van der Waals surface area contributed by atoms with Crippen LogP contribution in [-0.2, 0) is 11.3 Å². The smallest absolute Gasteiger partial charge is 0.356 e. The summed E-state index contributed by atoms with van der Waals surface area (Å²) in [6, 6.07) is 10.9. The third-order valence-electron chi connectivity index (χ3n) is 4.57. The first-order valence-corrected chi connectivity index (χ1v) is 10.4. The molecule has 3 aromatic rings. The number of aromatic amines is 1. The van der Waals surface area contributed by atoms with Crippen molar-refractivity contribution in [2.45, 2.75) is 13.5 Å². The average Bonchev–Trinajstić information content (AvgIpc) is 3.26. The third-order valence-corrected chi connectivity index (χ3v) is 5.36. The lowest BCUT2D eigenvalue weighted by Crippen LogP contribution is -2.24. The van der Waals surface area contributed by atoms with Crippen molar-refractivity contribution in [1.82, 2.24) is 15.3 Å². The second kappa shape index (κ2) is 10.5. The molecule has 0 aliphatic rings. The van der Waals surface area contributed by atoms with E-state index in [1.165, 1.54) is 43.3 Å². The number of carbonyl (C=O) groups excluding carboxylic acids is 2. The Morgan fingerprint density at radius 2 is 2.03 bits per heavy atom. The number of nitrogens with zero attached hydrogens (tertiary/aromatic N) is 1. The van der Waals surface area contributed by atoms with E-state index in [4.69, 9.17) is 6.42 Å². The summed E-state index contributed by atoms with van der Waals surface area (Å²) in [4.78, 5) is 32.5. The van der Waals surface area contributed by atoms with Crippen LogP contribution in [0.15, 0.2) is 54.7 Å². The number of esters is 1. The van der Waals surface area contributed by atoms with Gasteiger partial charge in [0.1, 0.15) is 17.2 Å². The lowest BCUT2D eigenvalue weighted by molar-refractivity contribution is 0.0593. The molecule has 0 aliphatic heterocycles. The summed E-state index contributed by atoms with van der Waals surface area (Å²) >= 11 is 1.20. The number of nitrogens with one attached hydrogen (secondary N) is 2. The molecule has 0 unspecified atom stereocenters. The number of amides is 1. The van der Waals surface area contributed by atoms with Crippen LogP contribution in [-0.4, -0.2) is 29.0 Å². The Morgan fingerprint density at radius 1 is 1.28 bits per heavy atom. The second-order valence-corrected chi connectivity index (χ2v) is 7.46. The zero-order chi connectivity index (χ0) is 23.1. The van der Waals surface area contributed by atoms with Crippen LogP contribution in [0.2, 0.25) is 0 Å². The van der Waals surface area contributed by atoms with Crippen LogP contribution in [0.3, 0.4) is 0 Å². The van der Waals surface area contributed by atoms with Gasteiger partial charge in [-0.05, 0) is 59.3 Å². The van der Waals surface area contributed by atoms with Gasteiger partial charge in [0.15, 0.2) is 0 Å². The molecule has 2 heterocycles. The van der Waals surface area contributed by atoms with Crippen LogP contribution in [0.4, 0.5) is 4.39 Å². The topological polar surface area (TPSA) is 84.1 Å². The minimum absolute atomic E-state index is 0.181. The Kier molecular flexibility index (Phi) is 7.47. The number of aromatic nitrogens is 2. The number of terminal acetylenes is 1. The number of pyridine rings is 1. The summed E-state index contributed by atoms with van der Waals surface area (Å²) in [5, 5.41) is 5.36. The molecule has 0 radical (unpaired) electrons. The zero-order valence-electron chi connectivity index (χ0n) is 17.4. The molecular formula is C24H20FN3O3S. The third kappa shape index (κ3) is 5.25. The standard InChI is InChI=1S/C24H20FN3O3S/c1-4-21(32-5-2)20-12-18(16-7-9-17(25)10-8-16)22(28-20)23(29)27-14-15-6-11-19(26-13-15)24(30)31-3/h2,4,6-13,28H,14H2,1,3H3,(H,27,29). The van der Waals surface area contributed by atoms with Gasteiger partial charge in [-0.25, -0.2) is 14.2 Å². The van der Waals surface area contributed by atoms with Crippen LogP contribution in [0.1, 0.15) is 39.2 Å². The largest absolute Gasteiger partial charge is 0.464 e. The van der Waals surface area contributed by atoms with Crippen molar-refractivity contribution in [2.75, 3.05) is 7.11 Å². The van der Waals surface area contributed by atoms with E-state index < -0.39 is 5.97 Å². The van der Waals surface area contributed by atoms with Crippen LogP contribution >= 0.6 is 11.8 Å². The quantitative estimate of drug-likeness (QED) is 0.406. The van der Waals surface area contributed by atoms with Gasteiger partial charge >= 0.3 is 5.97 Å². The summed E-state index contributed by atoms with van der Waals surface area (Å²) in [5.41, 5.74) is 3.20. The van der Waals surface area contributed by atoms with Crippen molar-refractivity contribution in [1.29, 1.82) is 0 Å². The van der Waals surface area contributed by atoms with Gasteiger partial charge < -0.3 is 15.0 Å². The monoisotopic (exact) mass is 449 g/mol. The number of halogens is 1. The van der Waals surface area contributed by atoms with Gasteiger partial charge in [-0.3, -0.25) is 4.79 Å². The molecule has 32 heavy (non-hydrogen) atoms. The maximum Gasteiger partial charge on any atom is 0.356 e. The molecule has 0 spiro atoms. The van der Waals surface area contributed by atoms with Crippen LogP contribution in [0.5, 0.6) is 0 Å². The fourth-order valence-corrected chi connectivity index (χ4v) is 3.45. The number of carbonyl (C=O) groups is 2. The van der Waals surface area contributed by atoms with E-state index >= 15 is 0 Å². The van der Waals surface area contributed by atoms with Gasteiger partial charge in [0.2, 0.25) is 0 Å². The van der Waals surface area contributed by atoms with Crippen molar-refractivity contribution in [3.8, 4) is 22.8 Å².